The minimum absolute atomic E-state index is 0.0862. The standard InChI is InChI=1S/C21H18BrN3O4/c22-15-11-19-18(28-12-29-19)10-13(15)9-14(21(26)25-5-7-27-8-6-25)20-23-16-3-1-2-4-17(16)24-20/h1-4,9-11H,5-8,12H2,(H,23,24). The maximum atomic E-state index is 13.4. The quantitative estimate of drug-likeness (QED) is 0.612. The first-order chi connectivity index (χ1) is 14.2. The number of hydrogen-bond acceptors (Lipinski definition) is 5. The molecule has 2 aliphatic heterocycles. The van der Waals surface area contributed by atoms with Crippen molar-refractivity contribution in [3.8, 4) is 11.5 Å². The van der Waals surface area contributed by atoms with Crippen LogP contribution in [-0.4, -0.2) is 53.9 Å². The minimum atomic E-state index is -0.0862. The summed E-state index contributed by atoms with van der Waals surface area (Å²) in [4.78, 5) is 23.1. The number of carbonyl (C=O) groups excluding carboxylic acids is 1. The molecule has 0 saturated carbocycles. The Hall–Kier alpha value is -2.84. The molecule has 1 saturated heterocycles. The molecule has 1 amide bonds. The number of imidazole rings is 1. The van der Waals surface area contributed by atoms with Crippen LogP contribution in [0.5, 0.6) is 11.5 Å². The highest BCUT2D eigenvalue weighted by Crippen LogP contribution is 2.38. The summed E-state index contributed by atoms with van der Waals surface area (Å²) in [5, 5.41) is 0. The highest BCUT2D eigenvalue weighted by atomic mass is 79.9. The Balaban J connectivity index is 1.61. The second kappa shape index (κ2) is 7.53. The van der Waals surface area contributed by atoms with Gasteiger partial charge in [-0.15, -0.1) is 0 Å². The summed E-state index contributed by atoms with van der Waals surface area (Å²) in [5.41, 5.74) is 3.00. The Morgan fingerprint density at radius 1 is 1.14 bits per heavy atom. The fraction of sp³-hybridized carbons (Fsp3) is 0.238. The number of nitrogens with one attached hydrogen (secondary N) is 1. The predicted molar refractivity (Wildman–Crippen MR) is 112 cm³/mol. The van der Waals surface area contributed by atoms with E-state index in [-0.39, 0.29) is 12.7 Å². The third kappa shape index (κ3) is 3.49. The molecule has 0 atom stereocenters. The number of fused-ring (bicyclic) bond motifs is 2. The molecule has 0 spiro atoms. The Kier molecular flexibility index (Phi) is 4.73. The molecule has 5 rings (SSSR count). The highest BCUT2D eigenvalue weighted by molar-refractivity contribution is 9.10. The molecular formula is C21H18BrN3O4. The van der Waals surface area contributed by atoms with Gasteiger partial charge in [-0.3, -0.25) is 4.79 Å². The van der Waals surface area contributed by atoms with Crippen molar-refractivity contribution in [3.05, 3.63) is 52.3 Å². The zero-order valence-electron chi connectivity index (χ0n) is 15.5. The molecule has 8 heteroatoms. The topological polar surface area (TPSA) is 76.7 Å². The van der Waals surface area contributed by atoms with Crippen LogP contribution in [0.1, 0.15) is 11.4 Å². The number of H-pyrrole nitrogens is 1. The number of halogens is 1. The number of nitrogens with zero attached hydrogens (tertiary/aromatic N) is 2. The highest BCUT2D eigenvalue weighted by Gasteiger charge is 2.25. The summed E-state index contributed by atoms with van der Waals surface area (Å²) >= 11 is 3.58. The second-order valence-electron chi connectivity index (χ2n) is 6.79. The number of carbonyl (C=O) groups is 1. The van der Waals surface area contributed by atoms with Crippen molar-refractivity contribution in [2.45, 2.75) is 0 Å². The van der Waals surface area contributed by atoms with Gasteiger partial charge in [-0.25, -0.2) is 4.98 Å². The van der Waals surface area contributed by atoms with E-state index < -0.39 is 0 Å². The number of benzene rings is 2. The molecule has 29 heavy (non-hydrogen) atoms. The van der Waals surface area contributed by atoms with E-state index in [9.17, 15) is 4.79 Å². The number of hydrogen-bond donors (Lipinski definition) is 1. The number of ether oxygens (including phenoxy) is 3. The van der Waals surface area contributed by atoms with E-state index in [0.29, 0.717) is 49.2 Å². The average Bonchev–Trinajstić information content (AvgIpc) is 3.38. The summed E-state index contributed by atoms with van der Waals surface area (Å²) in [5.74, 6) is 1.78. The fourth-order valence-electron chi connectivity index (χ4n) is 3.45. The van der Waals surface area contributed by atoms with E-state index >= 15 is 0 Å². The van der Waals surface area contributed by atoms with Gasteiger partial charge in [0.25, 0.3) is 5.91 Å². The molecule has 1 fully saturated rings. The summed E-state index contributed by atoms with van der Waals surface area (Å²) in [7, 11) is 0. The van der Waals surface area contributed by atoms with Crippen LogP contribution in [0.25, 0.3) is 22.7 Å². The Labute approximate surface area is 175 Å². The lowest BCUT2D eigenvalue weighted by molar-refractivity contribution is -0.128. The zero-order chi connectivity index (χ0) is 19.8. The third-order valence-electron chi connectivity index (χ3n) is 4.96. The van der Waals surface area contributed by atoms with Crippen molar-refractivity contribution in [3.63, 3.8) is 0 Å². The number of amides is 1. The van der Waals surface area contributed by atoms with Crippen molar-refractivity contribution < 1.29 is 19.0 Å². The summed E-state index contributed by atoms with van der Waals surface area (Å²) in [6, 6.07) is 11.4. The second-order valence-corrected chi connectivity index (χ2v) is 7.65. The van der Waals surface area contributed by atoms with Gasteiger partial charge in [0.15, 0.2) is 11.5 Å². The van der Waals surface area contributed by atoms with Crippen LogP contribution in [0.3, 0.4) is 0 Å². The van der Waals surface area contributed by atoms with Crippen LogP contribution in [0, 0.1) is 0 Å². The molecule has 1 N–H and O–H groups in total. The van der Waals surface area contributed by atoms with Crippen LogP contribution in [0.2, 0.25) is 0 Å². The van der Waals surface area contributed by atoms with Gasteiger partial charge in [0, 0.05) is 17.6 Å². The van der Waals surface area contributed by atoms with Gasteiger partial charge in [-0.2, -0.15) is 0 Å². The van der Waals surface area contributed by atoms with Crippen molar-refractivity contribution in [2.75, 3.05) is 33.1 Å². The first-order valence-corrected chi connectivity index (χ1v) is 10.1. The van der Waals surface area contributed by atoms with Crippen LogP contribution < -0.4 is 9.47 Å². The fourth-order valence-corrected chi connectivity index (χ4v) is 3.88. The van der Waals surface area contributed by atoms with Gasteiger partial charge in [0.05, 0.1) is 29.8 Å². The number of aromatic amines is 1. The van der Waals surface area contributed by atoms with E-state index in [1.54, 1.807) is 4.90 Å². The third-order valence-corrected chi connectivity index (χ3v) is 5.65. The van der Waals surface area contributed by atoms with Gasteiger partial charge in [0.1, 0.15) is 5.82 Å². The van der Waals surface area contributed by atoms with Gasteiger partial charge in [-0.05, 0) is 35.9 Å². The van der Waals surface area contributed by atoms with E-state index in [1.807, 2.05) is 42.5 Å². The van der Waals surface area contributed by atoms with Gasteiger partial charge < -0.3 is 24.1 Å². The van der Waals surface area contributed by atoms with Gasteiger partial charge in [-0.1, -0.05) is 28.1 Å². The predicted octanol–water partition coefficient (Wildman–Crippen LogP) is 3.45. The molecule has 3 heterocycles. The van der Waals surface area contributed by atoms with E-state index in [4.69, 9.17) is 14.2 Å². The normalized spacial score (nSPS) is 16.4. The van der Waals surface area contributed by atoms with Gasteiger partial charge in [0.2, 0.25) is 6.79 Å². The monoisotopic (exact) mass is 455 g/mol. The summed E-state index contributed by atoms with van der Waals surface area (Å²) in [6.45, 7) is 2.37. The lowest BCUT2D eigenvalue weighted by Crippen LogP contribution is -2.41. The molecule has 0 aliphatic carbocycles. The van der Waals surface area contributed by atoms with Crippen LogP contribution >= 0.6 is 15.9 Å². The van der Waals surface area contributed by atoms with Crippen LogP contribution in [0.15, 0.2) is 40.9 Å². The van der Waals surface area contributed by atoms with Crippen molar-refractivity contribution in [2.24, 2.45) is 0 Å². The molecule has 0 radical (unpaired) electrons. The van der Waals surface area contributed by atoms with E-state index in [0.717, 1.165) is 21.1 Å². The Morgan fingerprint density at radius 3 is 2.69 bits per heavy atom. The number of morpholine rings is 1. The first-order valence-electron chi connectivity index (χ1n) is 9.32. The molecular weight excluding hydrogens is 438 g/mol. The van der Waals surface area contributed by atoms with Crippen molar-refractivity contribution in [1.82, 2.24) is 14.9 Å². The molecule has 0 bridgehead atoms. The lowest BCUT2D eigenvalue weighted by atomic mass is 10.1. The SMILES string of the molecule is O=C(C(=Cc1cc2c(cc1Br)OCO2)c1nc2ccccc2[nH]1)N1CCOCC1. The number of rotatable bonds is 3. The van der Waals surface area contributed by atoms with E-state index in [2.05, 4.69) is 25.9 Å². The first kappa shape index (κ1) is 18.2. The van der Waals surface area contributed by atoms with Crippen molar-refractivity contribution in [1.29, 1.82) is 0 Å². The maximum Gasteiger partial charge on any atom is 0.257 e. The summed E-state index contributed by atoms with van der Waals surface area (Å²) in [6.07, 6.45) is 1.83. The molecule has 3 aromatic rings. The van der Waals surface area contributed by atoms with Crippen LogP contribution in [-0.2, 0) is 9.53 Å². The number of para-hydroxylation sites is 2. The zero-order valence-corrected chi connectivity index (χ0v) is 17.1. The number of aromatic nitrogens is 2. The molecule has 2 aromatic carbocycles. The average molecular weight is 456 g/mol. The smallest absolute Gasteiger partial charge is 0.257 e. The van der Waals surface area contributed by atoms with Crippen LogP contribution in [0.4, 0.5) is 0 Å². The van der Waals surface area contributed by atoms with Crippen molar-refractivity contribution >= 4 is 44.5 Å². The van der Waals surface area contributed by atoms with E-state index in [1.165, 1.54) is 0 Å². The minimum Gasteiger partial charge on any atom is -0.454 e. The molecule has 0 unspecified atom stereocenters. The maximum absolute atomic E-state index is 13.4. The molecule has 7 nitrogen and oxygen atoms in total. The Morgan fingerprint density at radius 2 is 1.90 bits per heavy atom. The lowest BCUT2D eigenvalue weighted by Gasteiger charge is -2.27. The molecule has 1 aromatic heterocycles. The van der Waals surface area contributed by atoms with Gasteiger partial charge >= 0.3 is 0 Å². The Bertz CT molecular complexity index is 1090. The molecule has 148 valence electrons. The summed E-state index contributed by atoms with van der Waals surface area (Å²) < 4.78 is 17.1. The largest absolute Gasteiger partial charge is 0.454 e. The molecule has 2 aliphatic rings.